The average Bonchev–Trinajstić information content (AvgIpc) is 2.79. The SMILES string of the molecule is COc1cc(C)c2c(Oc3cccc(C(F)(F)F)c3)c(OC)cc(N3C=CN=CC3)c2n1. The summed E-state index contributed by atoms with van der Waals surface area (Å²) in [5.41, 5.74) is 1.25. The van der Waals surface area contributed by atoms with E-state index in [1.165, 1.54) is 26.4 Å². The van der Waals surface area contributed by atoms with Crippen LogP contribution in [0, 0.1) is 6.92 Å². The van der Waals surface area contributed by atoms with Gasteiger partial charge in [-0.2, -0.15) is 13.2 Å². The zero-order valence-electron chi connectivity index (χ0n) is 17.6. The first-order chi connectivity index (χ1) is 15.3. The summed E-state index contributed by atoms with van der Waals surface area (Å²) in [4.78, 5) is 10.6. The maximum absolute atomic E-state index is 13.2. The molecular weight excluding hydrogens is 423 g/mol. The van der Waals surface area contributed by atoms with Crippen LogP contribution in [0.1, 0.15) is 11.1 Å². The van der Waals surface area contributed by atoms with Gasteiger partial charge in [0.2, 0.25) is 5.88 Å². The van der Waals surface area contributed by atoms with Crippen LogP contribution in [-0.2, 0) is 6.18 Å². The number of aliphatic imine (C=N–C) groups is 1. The predicted molar refractivity (Wildman–Crippen MR) is 116 cm³/mol. The number of anilines is 1. The Kier molecular flexibility index (Phi) is 5.65. The minimum Gasteiger partial charge on any atom is -0.493 e. The monoisotopic (exact) mass is 443 g/mol. The Hall–Kier alpha value is -3.75. The van der Waals surface area contributed by atoms with Crippen molar-refractivity contribution in [1.29, 1.82) is 0 Å². The van der Waals surface area contributed by atoms with E-state index in [-0.39, 0.29) is 11.5 Å². The van der Waals surface area contributed by atoms with Crippen molar-refractivity contribution >= 4 is 22.8 Å². The van der Waals surface area contributed by atoms with Crippen LogP contribution in [0.4, 0.5) is 18.9 Å². The fourth-order valence-corrected chi connectivity index (χ4v) is 3.48. The third-order valence-electron chi connectivity index (χ3n) is 4.99. The van der Waals surface area contributed by atoms with E-state index in [0.717, 1.165) is 23.4 Å². The van der Waals surface area contributed by atoms with E-state index in [1.54, 1.807) is 30.7 Å². The maximum atomic E-state index is 13.2. The van der Waals surface area contributed by atoms with Gasteiger partial charge in [-0.3, -0.25) is 4.99 Å². The third kappa shape index (κ3) is 4.05. The number of rotatable bonds is 5. The summed E-state index contributed by atoms with van der Waals surface area (Å²) in [5, 5.41) is 0.605. The Morgan fingerprint density at radius 3 is 2.53 bits per heavy atom. The highest BCUT2D eigenvalue weighted by Gasteiger charge is 2.31. The molecule has 1 aromatic heterocycles. The number of aryl methyl sites for hydroxylation is 1. The Balaban J connectivity index is 1.93. The molecule has 9 heteroatoms. The van der Waals surface area contributed by atoms with Crippen LogP contribution >= 0.6 is 0 Å². The Morgan fingerprint density at radius 1 is 1.06 bits per heavy atom. The van der Waals surface area contributed by atoms with Crippen molar-refractivity contribution in [3.8, 4) is 23.1 Å². The first-order valence-electron chi connectivity index (χ1n) is 9.68. The van der Waals surface area contributed by atoms with Crippen molar-refractivity contribution in [3.05, 3.63) is 59.9 Å². The normalized spacial score (nSPS) is 13.5. The van der Waals surface area contributed by atoms with Gasteiger partial charge in [-0.05, 0) is 30.7 Å². The van der Waals surface area contributed by atoms with Gasteiger partial charge in [0.05, 0.1) is 37.4 Å². The van der Waals surface area contributed by atoms with Crippen molar-refractivity contribution in [3.63, 3.8) is 0 Å². The lowest BCUT2D eigenvalue weighted by atomic mass is 10.1. The number of pyridine rings is 1. The molecule has 6 nitrogen and oxygen atoms in total. The van der Waals surface area contributed by atoms with Gasteiger partial charge in [-0.25, -0.2) is 4.98 Å². The quantitative estimate of drug-likeness (QED) is 0.504. The van der Waals surface area contributed by atoms with Gasteiger partial charge in [0.25, 0.3) is 0 Å². The molecule has 32 heavy (non-hydrogen) atoms. The molecule has 0 spiro atoms. The van der Waals surface area contributed by atoms with Gasteiger partial charge in [0.1, 0.15) is 11.3 Å². The van der Waals surface area contributed by atoms with Gasteiger partial charge in [0.15, 0.2) is 11.5 Å². The molecule has 0 radical (unpaired) electrons. The molecule has 0 aliphatic carbocycles. The number of fused-ring (bicyclic) bond motifs is 1. The smallest absolute Gasteiger partial charge is 0.416 e. The van der Waals surface area contributed by atoms with Gasteiger partial charge >= 0.3 is 6.18 Å². The number of halogens is 3. The van der Waals surface area contributed by atoms with E-state index in [0.29, 0.717) is 29.1 Å². The van der Waals surface area contributed by atoms with E-state index >= 15 is 0 Å². The van der Waals surface area contributed by atoms with Crippen LogP contribution in [0.2, 0.25) is 0 Å². The van der Waals surface area contributed by atoms with Crippen LogP contribution in [0.3, 0.4) is 0 Å². The lowest BCUT2D eigenvalue weighted by Gasteiger charge is -2.24. The molecule has 1 aliphatic heterocycles. The number of methoxy groups -OCH3 is 2. The second kappa shape index (κ2) is 8.41. The van der Waals surface area contributed by atoms with Crippen LogP contribution < -0.4 is 19.1 Å². The van der Waals surface area contributed by atoms with Crippen LogP contribution in [-0.4, -0.2) is 32.0 Å². The predicted octanol–water partition coefficient (Wildman–Crippen LogP) is 5.73. The molecule has 3 aromatic rings. The molecule has 0 bridgehead atoms. The number of benzene rings is 2. The van der Waals surface area contributed by atoms with Crippen LogP contribution in [0.5, 0.6) is 23.1 Å². The molecule has 0 fully saturated rings. The van der Waals surface area contributed by atoms with E-state index < -0.39 is 11.7 Å². The number of alkyl halides is 3. The molecule has 2 heterocycles. The zero-order valence-corrected chi connectivity index (χ0v) is 17.6. The van der Waals surface area contributed by atoms with Gasteiger partial charge in [-0.15, -0.1) is 0 Å². The summed E-state index contributed by atoms with van der Waals surface area (Å²) in [6.45, 7) is 2.36. The topological polar surface area (TPSA) is 56.2 Å². The summed E-state index contributed by atoms with van der Waals surface area (Å²) in [6, 6.07) is 8.18. The number of ether oxygens (including phenoxy) is 3. The van der Waals surface area contributed by atoms with Crippen LogP contribution in [0.15, 0.2) is 53.8 Å². The second-order valence-electron chi connectivity index (χ2n) is 7.04. The van der Waals surface area contributed by atoms with Gasteiger partial charge in [0, 0.05) is 30.7 Å². The van der Waals surface area contributed by atoms with Gasteiger partial charge < -0.3 is 19.1 Å². The molecule has 0 amide bonds. The molecule has 1 aliphatic rings. The molecule has 166 valence electrons. The average molecular weight is 443 g/mol. The van der Waals surface area contributed by atoms with Crippen molar-refractivity contribution in [2.24, 2.45) is 4.99 Å². The minimum atomic E-state index is -4.48. The Bertz CT molecular complexity index is 1220. The van der Waals surface area contributed by atoms with Crippen molar-refractivity contribution in [2.45, 2.75) is 13.1 Å². The molecule has 0 unspecified atom stereocenters. The first-order valence-corrected chi connectivity index (χ1v) is 9.68. The van der Waals surface area contributed by atoms with E-state index in [9.17, 15) is 13.2 Å². The maximum Gasteiger partial charge on any atom is 0.416 e. The highest BCUT2D eigenvalue weighted by molar-refractivity contribution is 6.01. The summed E-state index contributed by atoms with van der Waals surface area (Å²) >= 11 is 0. The molecule has 0 N–H and O–H groups in total. The van der Waals surface area contributed by atoms with Gasteiger partial charge in [-0.1, -0.05) is 6.07 Å². The Labute approximate surface area is 182 Å². The highest BCUT2D eigenvalue weighted by Crippen LogP contribution is 2.46. The highest BCUT2D eigenvalue weighted by atomic mass is 19.4. The summed E-state index contributed by atoms with van der Waals surface area (Å²) in [7, 11) is 2.99. The van der Waals surface area contributed by atoms with E-state index in [4.69, 9.17) is 14.2 Å². The number of nitrogens with zero attached hydrogens (tertiary/aromatic N) is 3. The Morgan fingerprint density at radius 2 is 1.88 bits per heavy atom. The van der Waals surface area contributed by atoms with E-state index in [2.05, 4.69) is 9.98 Å². The van der Waals surface area contributed by atoms with Crippen molar-refractivity contribution in [1.82, 2.24) is 4.98 Å². The van der Waals surface area contributed by atoms with Crippen molar-refractivity contribution in [2.75, 3.05) is 25.7 Å². The third-order valence-corrected chi connectivity index (χ3v) is 4.99. The molecule has 2 aromatic carbocycles. The standard InChI is InChI=1S/C23H20F3N3O3/c1-14-11-19(31-3)28-21-17(29-9-7-27-8-10-29)13-18(30-2)22(20(14)21)32-16-6-4-5-15(12-16)23(24,25)26/h4-9,11-13H,10H2,1-3H3. The summed E-state index contributed by atoms with van der Waals surface area (Å²) in [5.74, 6) is 1.07. The minimum absolute atomic E-state index is 0.0346. The number of aromatic nitrogens is 1. The fourth-order valence-electron chi connectivity index (χ4n) is 3.48. The largest absolute Gasteiger partial charge is 0.493 e. The second-order valence-corrected chi connectivity index (χ2v) is 7.04. The lowest BCUT2D eigenvalue weighted by Crippen LogP contribution is -2.21. The fraction of sp³-hybridized carbons (Fsp3) is 0.217. The zero-order chi connectivity index (χ0) is 22.9. The summed E-state index contributed by atoms with van der Waals surface area (Å²) in [6.07, 6.45) is 0.723. The molecule has 0 atom stereocenters. The molecule has 4 rings (SSSR count). The van der Waals surface area contributed by atoms with Crippen molar-refractivity contribution < 1.29 is 27.4 Å². The summed E-state index contributed by atoms with van der Waals surface area (Å²) < 4.78 is 56.4. The molecule has 0 saturated carbocycles. The van der Waals surface area contributed by atoms with Crippen LogP contribution in [0.25, 0.3) is 10.9 Å². The lowest BCUT2D eigenvalue weighted by molar-refractivity contribution is -0.137. The molecular formula is C23H20F3N3O3. The molecule has 0 saturated heterocycles. The van der Waals surface area contributed by atoms with E-state index in [1.807, 2.05) is 11.8 Å². The number of hydrogen-bond donors (Lipinski definition) is 0. The number of hydrogen-bond acceptors (Lipinski definition) is 6. The first kappa shape index (κ1) is 21.5.